The number of hydrogen-bond acceptors (Lipinski definition) is 6. The van der Waals surface area contributed by atoms with E-state index in [1.165, 1.54) is 43.9 Å². The lowest BCUT2D eigenvalue weighted by Gasteiger charge is -2.15. The van der Waals surface area contributed by atoms with Crippen LogP contribution in [0.1, 0.15) is 98.8 Å². The van der Waals surface area contributed by atoms with Crippen LogP contribution in [0.4, 0.5) is 0 Å². The predicted octanol–water partition coefficient (Wildman–Crippen LogP) is 6.68. The summed E-state index contributed by atoms with van der Waals surface area (Å²) in [6.07, 6.45) is 16.5. The van der Waals surface area contributed by atoms with Crippen LogP contribution in [0.15, 0.2) is 0 Å². The Labute approximate surface area is 239 Å². The molecule has 228 valence electrons. The molecular weight excluding hydrogens is 492 g/mol. The molecule has 7 rings (SSSR count). The Morgan fingerprint density at radius 2 is 1.54 bits per heavy atom. The van der Waals surface area contributed by atoms with Crippen LogP contribution in [0.2, 0.25) is 0 Å². The Kier molecular flexibility index (Phi) is 13.3. The van der Waals surface area contributed by atoms with Crippen LogP contribution >= 0.6 is 0 Å². The third-order valence-corrected chi connectivity index (χ3v) is 9.36. The fourth-order valence-electron chi connectivity index (χ4n) is 6.62. The van der Waals surface area contributed by atoms with Gasteiger partial charge < -0.3 is 28.4 Å². The van der Waals surface area contributed by atoms with Crippen LogP contribution in [-0.2, 0) is 28.4 Å². The second-order valence-corrected chi connectivity index (χ2v) is 13.5. The van der Waals surface area contributed by atoms with Crippen molar-refractivity contribution in [1.29, 1.82) is 0 Å². The van der Waals surface area contributed by atoms with E-state index in [9.17, 15) is 0 Å². The monoisotopic (exact) mass is 552 g/mol. The van der Waals surface area contributed by atoms with Crippen LogP contribution in [0.5, 0.6) is 0 Å². The Balaban J connectivity index is 0.000000126. The van der Waals surface area contributed by atoms with Gasteiger partial charge in [-0.15, -0.1) is 0 Å². The van der Waals surface area contributed by atoms with E-state index in [2.05, 4.69) is 27.7 Å². The zero-order valence-corrected chi connectivity index (χ0v) is 25.8. The standard InChI is InChI=1S/C11H22O4.C8H12O.C8H14.C6H12O/c1-3-4-12-5-6-13-7-10(2)14-8-11-9-15-11;1-4-2-5-3-6(4)8-7(5)9-8;1-6-2-3-7-5-8(7)4-6;1-2-5-7-6-3-4-6/h10-11H,3-9H2,1-2H3;4-8H,2-3H2,1H3;6-8H,2-5H2,1H3;6H,2-5H2,1H3. The highest BCUT2D eigenvalue weighted by molar-refractivity contribution is 5.09. The summed E-state index contributed by atoms with van der Waals surface area (Å²) in [4.78, 5) is 0. The molecule has 2 aliphatic heterocycles. The van der Waals surface area contributed by atoms with Gasteiger partial charge in [-0.2, -0.15) is 0 Å². The molecular formula is C33H60O6. The van der Waals surface area contributed by atoms with E-state index in [1.54, 1.807) is 19.3 Å². The Hall–Kier alpha value is -0.240. The smallest absolute Gasteiger partial charge is 0.104 e. The van der Waals surface area contributed by atoms with E-state index in [1.807, 2.05) is 6.92 Å². The van der Waals surface area contributed by atoms with Crippen LogP contribution in [0.3, 0.4) is 0 Å². The third kappa shape index (κ3) is 11.9. The van der Waals surface area contributed by atoms with Crippen molar-refractivity contribution in [2.75, 3.05) is 46.2 Å². The summed E-state index contributed by atoms with van der Waals surface area (Å²) in [7, 11) is 0. The maximum absolute atomic E-state index is 5.51. The van der Waals surface area contributed by atoms with Gasteiger partial charge in [-0.05, 0) is 100 Å². The van der Waals surface area contributed by atoms with Crippen molar-refractivity contribution in [2.24, 2.45) is 35.5 Å². The van der Waals surface area contributed by atoms with Crippen molar-refractivity contribution < 1.29 is 28.4 Å². The SMILES string of the molecule is CC1CC2CC1C1OC21.CC1CCC2CC2C1.CCCOC1CC1.CCCOCCOCC(C)OCC1CO1. The topological polar surface area (TPSA) is 62.0 Å². The number of rotatable bonds is 13. The van der Waals surface area contributed by atoms with E-state index in [0.717, 1.165) is 68.5 Å². The normalized spacial score (nSPS) is 38.5. The first-order valence-corrected chi connectivity index (χ1v) is 16.6. The zero-order chi connectivity index (χ0) is 27.6. The highest BCUT2D eigenvalue weighted by Gasteiger charge is 2.61. The Morgan fingerprint density at radius 3 is 2.13 bits per heavy atom. The molecule has 0 amide bonds. The lowest BCUT2D eigenvalue weighted by molar-refractivity contribution is -0.0267. The molecule has 6 nitrogen and oxygen atoms in total. The summed E-state index contributed by atoms with van der Waals surface area (Å²) in [5.74, 6) is 6.32. The maximum Gasteiger partial charge on any atom is 0.104 e. The first-order chi connectivity index (χ1) is 19.0. The summed E-state index contributed by atoms with van der Waals surface area (Å²) in [6, 6.07) is 0. The van der Waals surface area contributed by atoms with E-state index < -0.39 is 0 Å². The molecule has 0 N–H and O–H groups in total. The second-order valence-electron chi connectivity index (χ2n) is 13.5. The van der Waals surface area contributed by atoms with Gasteiger partial charge in [0.2, 0.25) is 0 Å². The van der Waals surface area contributed by atoms with Gasteiger partial charge in [0, 0.05) is 13.2 Å². The average molecular weight is 553 g/mol. The molecule has 2 heterocycles. The maximum atomic E-state index is 5.51. The van der Waals surface area contributed by atoms with E-state index in [0.29, 0.717) is 38.6 Å². The quantitative estimate of drug-likeness (QED) is 0.188. The number of fused-ring (bicyclic) bond motifs is 6. The summed E-state index contributed by atoms with van der Waals surface area (Å²) in [5.41, 5.74) is 0. The molecule has 10 atom stereocenters. The molecule has 0 aromatic rings. The molecule has 5 saturated carbocycles. The van der Waals surface area contributed by atoms with E-state index in [-0.39, 0.29) is 6.10 Å². The van der Waals surface area contributed by atoms with Crippen molar-refractivity contribution in [1.82, 2.24) is 0 Å². The van der Waals surface area contributed by atoms with Crippen LogP contribution in [0, 0.1) is 35.5 Å². The van der Waals surface area contributed by atoms with Gasteiger partial charge in [0.05, 0.1) is 57.5 Å². The fraction of sp³-hybridized carbons (Fsp3) is 1.00. The summed E-state index contributed by atoms with van der Waals surface area (Å²) < 4.78 is 32.0. The molecule has 2 bridgehead atoms. The largest absolute Gasteiger partial charge is 0.379 e. The molecule has 10 unspecified atom stereocenters. The lowest BCUT2D eigenvalue weighted by atomic mass is 9.91. The molecule has 5 aliphatic carbocycles. The molecule has 0 aromatic heterocycles. The minimum Gasteiger partial charge on any atom is -0.379 e. The van der Waals surface area contributed by atoms with Gasteiger partial charge in [-0.1, -0.05) is 34.1 Å². The molecule has 6 heteroatoms. The Bertz CT molecular complexity index is 663. The van der Waals surface area contributed by atoms with Crippen molar-refractivity contribution in [3.05, 3.63) is 0 Å². The van der Waals surface area contributed by atoms with Gasteiger partial charge in [-0.25, -0.2) is 0 Å². The second kappa shape index (κ2) is 16.4. The van der Waals surface area contributed by atoms with Crippen LogP contribution in [-0.4, -0.2) is 76.8 Å². The van der Waals surface area contributed by atoms with Gasteiger partial charge >= 0.3 is 0 Å². The lowest BCUT2D eigenvalue weighted by Crippen LogP contribution is -2.20. The molecule has 7 fully saturated rings. The predicted molar refractivity (Wildman–Crippen MR) is 155 cm³/mol. The van der Waals surface area contributed by atoms with E-state index in [4.69, 9.17) is 28.4 Å². The van der Waals surface area contributed by atoms with Crippen molar-refractivity contribution >= 4 is 0 Å². The van der Waals surface area contributed by atoms with Crippen LogP contribution < -0.4 is 0 Å². The molecule has 2 saturated heterocycles. The third-order valence-electron chi connectivity index (χ3n) is 9.36. The molecule has 0 spiro atoms. The van der Waals surface area contributed by atoms with Crippen molar-refractivity contribution in [2.45, 2.75) is 129 Å². The molecule has 7 aliphatic rings. The van der Waals surface area contributed by atoms with Gasteiger partial charge in [0.15, 0.2) is 0 Å². The fourth-order valence-corrected chi connectivity index (χ4v) is 6.62. The molecule has 0 radical (unpaired) electrons. The van der Waals surface area contributed by atoms with Gasteiger partial charge in [-0.3, -0.25) is 0 Å². The Morgan fingerprint density at radius 1 is 0.769 bits per heavy atom. The van der Waals surface area contributed by atoms with Gasteiger partial charge in [0.25, 0.3) is 0 Å². The molecule has 39 heavy (non-hydrogen) atoms. The zero-order valence-electron chi connectivity index (χ0n) is 25.8. The summed E-state index contributed by atoms with van der Waals surface area (Å²) in [6.45, 7) is 16.3. The molecule has 0 aromatic carbocycles. The van der Waals surface area contributed by atoms with Crippen LogP contribution in [0.25, 0.3) is 0 Å². The van der Waals surface area contributed by atoms with Crippen molar-refractivity contribution in [3.63, 3.8) is 0 Å². The van der Waals surface area contributed by atoms with Crippen molar-refractivity contribution in [3.8, 4) is 0 Å². The highest BCUT2D eigenvalue weighted by atomic mass is 16.6. The average Bonchev–Trinajstić information content (AvgIpc) is 3.77. The minimum atomic E-state index is 0.139. The van der Waals surface area contributed by atoms with E-state index >= 15 is 0 Å². The number of epoxide rings is 2. The summed E-state index contributed by atoms with van der Waals surface area (Å²) in [5, 5.41) is 0. The van der Waals surface area contributed by atoms with Gasteiger partial charge in [0.1, 0.15) is 6.10 Å². The number of ether oxygens (including phenoxy) is 6. The highest BCUT2D eigenvalue weighted by Crippen LogP contribution is 2.58. The first kappa shape index (κ1) is 31.7. The number of hydrogen-bond donors (Lipinski definition) is 0. The summed E-state index contributed by atoms with van der Waals surface area (Å²) >= 11 is 0. The first-order valence-electron chi connectivity index (χ1n) is 16.6. The minimum absolute atomic E-state index is 0.139.